The summed E-state index contributed by atoms with van der Waals surface area (Å²) in [6.07, 6.45) is 12.8. The van der Waals surface area contributed by atoms with Crippen molar-refractivity contribution in [3.8, 4) is 0 Å². The normalized spacial score (nSPS) is 34.6. The lowest BCUT2D eigenvalue weighted by Crippen LogP contribution is -2.55. The van der Waals surface area contributed by atoms with Crippen LogP contribution in [0.25, 0.3) is 10.2 Å². The lowest BCUT2D eigenvalue weighted by molar-refractivity contribution is -0.0687. The molecule has 4 saturated carbocycles. The largest absolute Gasteiger partial charge is 0.397 e. The summed E-state index contributed by atoms with van der Waals surface area (Å²) in [6.45, 7) is 4.52. The number of aromatic nitrogens is 1. The Labute approximate surface area is 189 Å². The number of anilines is 1. The molecule has 0 aromatic carbocycles. The molecule has 4 fully saturated rings. The van der Waals surface area contributed by atoms with Gasteiger partial charge in [-0.25, -0.2) is 4.98 Å². The predicted molar refractivity (Wildman–Crippen MR) is 127 cm³/mol. The Morgan fingerprint density at radius 2 is 1.94 bits per heavy atom. The first kappa shape index (κ1) is 20.0. The molecule has 5 aliphatic rings. The number of nitrogens with one attached hydrogen (secondary N) is 1. The van der Waals surface area contributed by atoms with Crippen molar-refractivity contribution in [3.05, 3.63) is 22.2 Å². The van der Waals surface area contributed by atoms with Crippen molar-refractivity contribution >= 4 is 33.1 Å². The van der Waals surface area contributed by atoms with Crippen LogP contribution < -0.4 is 11.1 Å². The Hall–Kier alpha value is -1.62. The molecule has 0 unspecified atom stereocenters. The highest BCUT2D eigenvalue weighted by Crippen LogP contribution is 2.61. The van der Waals surface area contributed by atoms with E-state index in [1.807, 2.05) is 0 Å². The molecule has 31 heavy (non-hydrogen) atoms. The second-order valence-corrected chi connectivity index (χ2v) is 12.3. The number of carbonyl (C=O) groups is 1. The molecule has 5 heteroatoms. The summed E-state index contributed by atoms with van der Waals surface area (Å²) in [6, 6.07) is 2.44. The second kappa shape index (κ2) is 7.19. The van der Waals surface area contributed by atoms with Crippen LogP contribution in [0, 0.1) is 29.1 Å². The van der Waals surface area contributed by atoms with Crippen molar-refractivity contribution < 1.29 is 4.79 Å². The number of hydrogen-bond donors (Lipinski definition) is 2. The highest BCUT2D eigenvalue weighted by molar-refractivity contribution is 7.21. The summed E-state index contributed by atoms with van der Waals surface area (Å²) in [5, 5.41) is 4.38. The van der Waals surface area contributed by atoms with Gasteiger partial charge in [0, 0.05) is 17.1 Å². The van der Waals surface area contributed by atoms with E-state index in [0.29, 0.717) is 16.0 Å². The van der Waals surface area contributed by atoms with Gasteiger partial charge in [-0.2, -0.15) is 0 Å². The van der Waals surface area contributed by atoms with Crippen LogP contribution in [-0.4, -0.2) is 16.9 Å². The fourth-order valence-electron chi connectivity index (χ4n) is 7.91. The average molecular weight is 438 g/mol. The van der Waals surface area contributed by atoms with E-state index in [2.05, 4.69) is 25.2 Å². The van der Waals surface area contributed by atoms with Crippen LogP contribution >= 0.6 is 11.3 Å². The Bertz CT molecular complexity index is 1010. The molecule has 2 aromatic rings. The van der Waals surface area contributed by atoms with E-state index in [9.17, 15) is 4.79 Å². The van der Waals surface area contributed by atoms with Gasteiger partial charge >= 0.3 is 0 Å². The Morgan fingerprint density at radius 1 is 1.26 bits per heavy atom. The van der Waals surface area contributed by atoms with E-state index in [-0.39, 0.29) is 11.9 Å². The fraction of sp³-hybridized carbons (Fsp3) is 0.692. The quantitative estimate of drug-likeness (QED) is 0.642. The third-order valence-electron chi connectivity index (χ3n) is 9.32. The molecule has 2 heterocycles. The molecule has 166 valence electrons. The number of carbonyl (C=O) groups excluding carboxylic acids is 1. The summed E-state index contributed by atoms with van der Waals surface area (Å²) in [7, 11) is 0. The van der Waals surface area contributed by atoms with Crippen molar-refractivity contribution in [1.82, 2.24) is 10.3 Å². The lowest BCUT2D eigenvalue weighted by Gasteiger charge is -2.59. The average Bonchev–Trinajstić information content (AvgIpc) is 3.06. The monoisotopic (exact) mass is 437 g/mol. The molecule has 0 spiro atoms. The summed E-state index contributed by atoms with van der Waals surface area (Å²) < 4.78 is 0. The zero-order chi connectivity index (χ0) is 21.3. The van der Waals surface area contributed by atoms with E-state index in [1.165, 1.54) is 74.0 Å². The molecule has 4 nitrogen and oxygen atoms in total. The van der Waals surface area contributed by atoms with Crippen LogP contribution in [0.15, 0.2) is 6.07 Å². The van der Waals surface area contributed by atoms with Gasteiger partial charge in [0.2, 0.25) is 0 Å². The number of pyridine rings is 1. The topological polar surface area (TPSA) is 68.0 Å². The Balaban J connectivity index is 1.25. The van der Waals surface area contributed by atoms with Crippen LogP contribution in [-0.2, 0) is 12.8 Å². The molecule has 7 rings (SSSR count). The highest BCUT2D eigenvalue weighted by atomic mass is 32.1. The van der Waals surface area contributed by atoms with Crippen molar-refractivity contribution in [2.45, 2.75) is 84.1 Å². The van der Waals surface area contributed by atoms with E-state index in [1.54, 1.807) is 0 Å². The predicted octanol–water partition coefficient (Wildman–Crippen LogP) is 5.73. The minimum Gasteiger partial charge on any atom is -0.397 e. The third kappa shape index (κ3) is 3.21. The van der Waals surface area contributed by atoms with Gasteiger partial charge in [-0.1, -0.05) is 13.3 Å². The van der Waals surface area contributed by atoms with E-state index < -0.39 is 0 Å². The minimum atomic E-state index is 0.00755. The van der Waals surface area contributed by atoms with Crippen LogP contribution in [0.1, 0.15) is 86.1 Å². The molecule has 5 aliphatic carbocycles. The smallest absolute Gasteiger partial charge is 0.263 e. The summed E-state index contributed by atoms with van der Waals surface area (Å²) in [5.74, 6) is 3.43. The van der Waals surface area contributed by atoms with Crippen LogP contribution in [0.5, 0.6) is 0 Å². The number of nitrogen functional groups attached to an aromatic ring is 1. The maximum atomic E-state index is 13.3. The molecular weight excluding hydrogens is 402 g/mol. The molecule has 1 amide bonds. The highest BCUT2D eigenvalue weighted by Gasteiger charge is 2.53. The van der Waals surface area contributed by atoms with Gasteiger partial charge in [0.25, 0.3) is 5.91 Å². The van der Waals surface area contributed by atoms with Gasteiger partial charge in [0.05, 0.1) is 5.69 Å². The number of fused-ring (bicyclic) bond motifs is 2. The van der Waals surface area contributed by atoms with Gasteiger partial charge in [-0.3, -0.25) is 4.79 Å². The number of aryl methyl sites for hydroxylation is 1. The molecule has 3 N–H and O–H groups in total. The summed E-state index contributed by atoms with van der Waals surface area (Å²) in [4.78, 5) is 19.9. The number of amides is 1. The van der Waals surface area contributed by atoms with E-state index in [0.717, 1.165) is 46.7 Å². The zero-order valence-corrected chi connectivity index (χ0v) is 19.7. The molecule has 2 atom stereocenters. The lowest BCUT2D eigenvalue weighted by atomic mass is 9.48. The SMILES string of the molecule is CC[C@@H]1CCc2nc3sc(C(=O)N[C@H](C)C45CC6CC(CC(C6)C4)C5)c(N)c3cc2C1. The second-order valence-electron chi connectivity index (χ2n) is 11.3. The van der Waals surface area contributed by atoms with Gasteiger partial charge in [0.15, 0.2) is 0 Å². The maximum absolute atomic E-state index is 13.3. The van der Waals surface area contributed by atoms with Gasteiger partial charge in [-0.15, -0.1) is 11.3 Å². The first-order valence-corrected chi connectivity index (χ1v) is 13.3. The first-order valence-electron chi connectivity index (χ1n) is 12.5. The van der Waals surface area contributed by atoms with Gasteiger partial charge in [-0.05, 0) is 105 Å². The van der Waals surface area contributed by atoms with E-state index in [4.69, 9.17) is 10.7 Å². The number of thiophene rings is 1. The maximum Gasteiger partial charge on any atom is 0.263 e. The van der Waals surface area contributed by atoms with Crippen LogP contribution in [0.4, 0.5) is 5.69 Å². The third-order valence-corrected chi connectivity index (χ3v) is 10.4. The van der Waals surface area contributed by atoms with Crippen LogP contribution in [0.2, 0.25) is 0 Å². The Morgan fingerprint density at radius 3 is 2.58 bits per heavy atom. The van der Waals surface area contributed by atoms with Gasteiger partial charge < -0.3 is 11.1 Å². The minimum absolute atomic E-state index is 0.00755. The van der Waals surface area contributed by atoms with Crippen molar-refractivity contribution in [2.75, 3.05) is 5.73 Å². The van der Waals surface area contributed by atoms with Crippen molar-refractivity contribution in [2.24, 2.45) is 29.1 Å². The summed E-state index contributed by atoms with van der Waals surface area (Å²) >= 11 is 1.48. The Kier molecular flexibility index (Phi) is 4.65. The standard InChI is InChI=1S/C26H35N3OS/c1-3-15-4-5-21-19(9-15)10-20-22(27)23(31-25(20)29-21)24(30)28-14(2)26-11-16-6-17(12-26)8-18(7-16)13-26/h10,14-18H,3-9,11-13,27H2,1-2H3,(H,28,30)/t14-,15-,16?,17?,18?,26?/m1/s1. The number of nitrogens with zero attached hydrogens (tertiary/aromatic N) is 1. The number of hydrogen-bond acceptors (Lipinski definition) is 4. The summed E-state index contributed by atoms with van der Waals surface area (Å²) in [5.41, 5.74) is 10.0. The van der Waals surface area contributed by atoms with Gasteiger partial charge in [0.1, 0.15) is 9.71 Å². The number of rotatable bonds is 4. The first-order chi connectivity index (χ1) is 14.9. The van der Waals surface area contributed by atoms with Crippen molar-refractivity contribution in [3.63, 3.8) is 0 Å². The molecule has 4 bridgehead atoms. The molecule has 0 aliphatic heterocycles. The van der Waals surface area contributed by atoms with E-state index >= 15 is 0 Å². The molecule has 2 aromatic heterocycles. The molecule has 0 radical (unpaired) electrons. The van der Waals surface area contributed by atoms with Crippen molar-refractivity contribution in [1.29, 1.82) is 0 Å². The number of nitrogens with two attached hydrogens (primary N) is 1. The molecular formula is C26H35N3OS. The molecule has 0 saturated heterocycles. The van der Waals surface area contributed by atoms with Crippen LogP contribution in [0.3, 0.4) is 0 Å². The fourth-order valence-corrected chi connectivity index (χ4v) is 8.91. The zero-order valence-electron chi connectivity index (χ0n) is 18.9.